The molecule has 152 valence electrons. The molecular weight excluding hydrogens is 418 g/mol. The quantitative estimate of drug-likeness (QED) is 0.519. The van der Waals surface area contributed by atoms with Crippen molar-refractivity contribution in [2.45, 2.75) is 17.4 Å². The number of nitrogens with two attached hydrogens (primary N) is 1. The first kappa shape index (κ1) is 20.8. The van der Waals surface area contributed by atoms with Crippen molar-refractivity contribution in [3.63, 3.8) is 0 Å². The van der Waals surface area contributed by atoms with Gasteiger partial charge < -0.3 is 9.73 Å². The third-order valence-electron chi connectivity index (χ3n) is 4.31. The first-order chi connectivity index (χ1) is 13.6. The highest BCUT2D eigenvalue weighted by Gasteiger charge is 2.29. The number of amides is 1. The number of benzene rings is 1. The van der Waals surface area contributed by atoms with Gasteiger partial charge in [0.2, 0.25) is 10.0 Å². The predicted molar refractivity (Wildman–Crippen MR) is 104 cm³/mol. The van der Waals surface area contributed by atoms with E-state index < -0.39 is 31.8 Å². The molecule has 1 unspecified atom stereocenters. The molecule has 1 aliphatic heterocycles. The fraction of sp³-hybridized carbons (Fsp3) is 0.222. The molecule has 29 heavy (non-hydrogen) atoms. The molecule has 0 radical (unpaired) electrons. The highest BCUT2D eigenvalue weighted by atomic mass is 32.2. The van der Waals surface area contributed by atoms with Crippen LogP contribution in [-0.4, -0.2) is 40.3 Å². The number of hydrogen-bond donors (Lipinski definition) is 2. The molecule has 1 fully saturated rings. The van der Waals surface area contributed by atoms with Crippen molar-refractivity contribution in [1.29, 1.82) is 5.26 Å². The Balaban J connectivity index is 1.75. The molecule has 1 aromatic carbocycles. The number of carbonyl (C=O) groups is 1. The number of nitrogens with zero attached hydrogens (tertiary/aromatic N) is 1. The largest absolute Gasteiger partial charge is 0.457 e. The lowest BCUT2D eigenvalue weighted by atomic mass is 10.2. The molecular formula is C18H17N3O6S2. The van der Waals surface area contributed by atoms with Crippen molar-refractivity contribution in [1.82, 2.24) is 5.32 Å². The summed E-state index contributed by atoms with van der Waals surface area (Å²) >= 11 is 0. The normalized spacial score (nSPS) is 18.9. The van der Waals surface area contributed by atoms with E-state index in [4.69, 9.17) is 9.56 Å². The van der Waals surface area contributed by atoms with Crippen molar-refractivity contribution in [2.24, 2.45) is 5.14 Å². The van der Waals surface area contributed by atoms with Crippen LogP contribution in [0.25, 0.3) is 17.4 Å². The van der Waals surface area contributed by atoms with Gasteiger partial charge in [0, 0.05) is 17.7 Å². The lowest BCUT2D eigenvalue weighted by Crippen LogP contribution is -2.36. The van der Waals surface area contributed by atoms with Crippen molar-refractivity contribution >= 4 is 31.8 Å². The fourth-order valence-electron chi connectivity index (χ4n) is 2.86. The number of sulfone groups is 1. The second-order valence-corrected chi connectivity index (χ2v) is 10.3. The predicted octanol–water partition coefficient (Wildman–Crippen LogP) is 0.804. The number of furan rings is 1. The number of hydrogen-bond acceptors (Lipinski definition) is 7. The maximum Gasteiger partial charge on any atom is 0.262 e. The van der Waals surface area contributed by atoms with Gasteiger partial charge in [0.15, 0.2) is 9.84 Å². The van der Waals surface area contributed by atoms with Gasteiger partial charge in [-0.3, -0.25) is 4.79 Å². The van der Waals surface area contributed by atoms with E-state index in [-0.39, 0.29) is 27.7 Å². The van der Waals surface area contributed by atoms with Crippen LogP contribution in [0.5, 0.6) is 0 Å². The Labute approximate surface area is 167 Å². The van der Waals surface area contributed by atoms with Crippen LogP contribution in [0.15, 0.2) is 51.3 Å². The number of primary sulfonamides is 1. The third kappa shape index (κ3) is 5.11. The maximum absolute atomic E-state index is 12.2. The average Bonchev–Trinajstić information content (AvgIpc) is 3.25. The first-order valence-corrected chi connectivity index (χ1v) is 11.8. The number of carbonyl (C=O) groups excluding carboxylic acids is 1. The Morgan fingerprint density at radius 3 is 2.48 bits per heavy atom. The Morgan fingerprint density at radius 2 is 1.93 bits per heavy atom. The number of nitriles is 1. The van der Waals surface area contributed by atoms with E-state index in [0.717, 1.165) is 0 Å². The molecule has 0 saturated carbocycles. The van der Waals surface area contributed by atoms with Crippen LogP contribution >= 0.6 is 0 Å². The molecule has 11 heteroatoms. The summed E-state index contributed by atoms with van der Waals surface area (Å²) in [4.78, 5) is 12.2. The molecule has 1 amide bonds. The van der Waals surface area contributed by atoms with Gasteiger partial charge in [-0.2, -0.15) is 5.26 Å². The molecule has 9 nitrogen and oxygen atoms in total. The maximum atomic E-state index is 12.2. The van der Waals surface area contributed by atoms with E-state index in [9.17, 15) is 26.9 Å². The zero-order valence-corrected chi connectivity index (χ0v) is 16.7. The van der Waals surface area contributed by atoms with Gasteiger partial charge in [-0.05, 0) is 42.8 Å². The molecule has 2 heterocycles. The van der Waals surface area contributed by atoms with Gasteiger partial charge in [0.25, 0.3) is 5.91 Å². The van der Waals surface area contributed by atoms with Gasteiger partial charge in [-0.15, -0.1) is 0 Å². The van der Waals surface area contributed by atoms with Crippen LogP contribution < -0.4 is 10.5 Å². The van der Waals surface area contributed by atoms with E-state index in [0.29, 0.717) is 17.7 Å². The molecule has 1 aliphatic rings. The summed E-state index contributed by atoms with van der Waals surface area (Å²) < 4.78 is 51.2. The molecule has 1 aromatic heterocycles. The Hall–Kier alpha value is -2.94. The van der Waals surface area contributed by atoms with Crippen molar-refractivity contribution in [2.75, 3.05) is 11.5 Å². The third-order valence-corrected chi connectivity index (χ3v) is 7.01. The van der Waals surface area contributed by atoms with Gasteiger partial charge in [-0.1, -0.05) is 0 Å². The summed E-state index contributed by atoms with van der Waals surface area (Å²) in [5, 5.41) is 16.9. The van der Waals surface area contributed by atoms with Crippen LogP contribution in [-0.2, 0) is 24.7 Å². The SMILES string of the molecule is N#C/C(=C\c1ccc(-c2ccc(S(N)(=O)=O)cc2)o1)C(=O)NC1CCS(=O)(=O)C1. The van der Waals surface area contributed by atoms with E-state index in [2.05, 4.69) is 5.32 Å². The van der Waals surface area contributed by atoms with Crippen LogP contribution in [0, 0.1) is 11.3 Å². The topological polar surface area (TPSA) is 160 Å². The van der Waals surface area contributed by atoms with Crippen LogP contribution in [0.3, 0.4) is 0 Å². The number of rotatable bonds is 5. The molecule has 0 aliphatic carbocycles. The lowest BCUT2D eigenvalue weighted by Gasteiger charge is -2.09. The smallest absolute Gasteiger partial charge is 0.262 e. The molecule has 0 spiro atoms. The molecule has 2 aromatic rings. The summed E-state index contributed by atoms with van der Waals surface area (Å²) in [5.41, 5.74) is 0.357. The van der Waals surface area contributed by atoms with Crippen LogP contribution in [0.2, 0.25) is 0 Å². The van der Waals surface area contributed by atoms with Gasteiger partial charge in [0.05, 0.1) is 16.4 Å². The zero-order valence-electron chi connectivity index (χ0n) is 15.0. The average molecular weight is 435 g/mol. The molecule has 1 atom stereocenters. The summed E-state index contributed by atoms with van der Waals surface area (Å²) in [6, 6.07) is 10.1. The van der Waals surface area contributed by atoms with Gasteiger partial charge in [-0.25, -0.2) is 22.0 Å². The summed E-state index contributed by atoms with van der Waals surface area (Å²) in [7, 11) is -6.95. The standard InChI is InChI=1S/C18H17N3O6S2/c19-10-13(18(22)21-14-7-8-28(23,24)11-14)9-15-3-6-17(27-15)12-1-4-16(5-2-12)29(20,25)26/h1-6,9,14H,7-8,11H2,(H,21,22)(H2,20,25,26)/b13-9+. The fourth-order valence-corrected chi connectivity index (χ4v) is 5.05. The van der Waals surface area contributed by atoms with Crippen LogP contribution in [0.4, 0.5) is 0 Å². The Morgan fingerprint density at radius 1 is 1.24 bits per heavy atom. The van der Waals surface area contributed by atoms with Crippen LogP contribution in [0.1, 0.15) is 12.2 Å². The number of nitrogens with one attached hydrogen (secondary N) is 1. The molecule has 1 saturated heterocycles. The molecule has 0 bridgehead atoms. The lowest BCUT2D eigenvalue weighted by molar-refractivity contribution is -0.117. The molecule has 3 rings (SSSR count). The summed E-state index contributed by atoms with van der Waals surface area (Å²) in [6.07, 6.45) is 1.56. The second kappa shape index (κ2) is 7.82. The summed E-state index contributed by atoms with van der Waals surface area (Å²) in [6.45, 7) is 0. The Bertz CT molecular complexity index is 1220. The zero-order chi connectivity index (χ0) is 21.2. The second-order valence-electron chi connectivity index (χ2n) is 6.51. The summed E-state index contributed by atoms with van der Waals surface area (Å²) in [5.74, 6) is -0.172. The van der Waals surface area contributed by atoms with E-state index in [1.807, 2.05) is 0 Å². The minimum atomic E-state index is -3.80. The minimum absolute atomic E-state index is 0.00926. The van der Waals surface area contributed by atoms with E-state index in [1.165, 1.54) is 30.3 Å². The minimum Gasteiger partial charge on any atom is -0.457 e. The van der Waals surface area contributed by atoms with E-state index in [1.54, 1.807) is 18.2 Å². The number of sulfonamides is 1. The van der Waals surface area contributed by atoms with Crippen molar-refractivity contribution in [3.8, 4) is 17.4 Å². The van der Waals surface area contributed by atoms with Crippen molar-refractivity contribution in [3.05, 3.63) is 47.7 Å². The highest BCUT2D eigenvalue weighted by molar-refractivity contribution is 7.91. The van der Waals surface area contributed by atoms with Gasteiger partial charge in [0.1, 0.15) is 23.2 Å². The van der Waals surface area contributed by atoms with Gasteiger partial charge >= 0.3 is 0 Å². The van der Waals surface area contributed by atoms with Crippen molar-refractivity contribution < 1.29 is 26.0 Å². The van der Waals surface area contributed by atoms with E-state index >= 15 is 0 Å². The molecule has 3 N–H and O–H groups in total. The monoisotopic (exact) mass is 435 g/mol. The Kier molecular flexibility index (Phi) is 5.61. The highest BCUT2D eigenvalue weighted by Crippen LogP contribution is 2.24. The first-order valence-electron chi connectivity index (χ1n) is 8.43.